The van der Waals surface area contributed by atoms with Gasteiger partial charge in [-0.25, -0.2) is 0 Å². The van der Waals surface area contributed by atoms with Gasteiger partial charge in [-0.05, 0) is 0 Å². The van der Waals surface area contributed by atoms with Gasteiger partial charge in [0.15, 0.2) is 0 Å². The van der Waals surface area contributed by atoms with E-state index in [2.05, 4.69) is 0 Å². The summed E-state index contributed by atoms with van der Waals surface area (Å²) < 4.78 is 0. The molecule has 11 rings (SSSR count). The number of carbonyl (C=O) groups excluding carboxylic acids is 1. The number of fused-ring (bicyclic) bond motifs is 10. The first-order valence-corrected chi connectivity index (χ1v) is 14.2. The quantitative estimate of drug-likeness (QED) is 0.533. The summed E-state index contributed by atoms with van der Waals surface area (Å²) in [6, 6.07) is 9.10. The molecule has 0 aromatic heterocycles. The zero-order valence-corrected chi connectivity index (χ0v) is 11.6. The average Bonchev–Trinajstić information content (AvgIpc) is 3.41. The molecule has 1 aromatic rings. The maximum absolute atomic E-state index is 10.0. The Kier molecular flexibility index (Phi) is 0.263. The molecule has 0 unspecified atom stereocenters. The minimum atomic E-state index is -2.28. The van der Waals surface area contributed by atoms with Crippen LogP contribution in [0.1, 0.15) is 10.4 Å². The van der Waals surface area contributed by atoms with Gasteiger partial charge in [0.2, 0.25) is 0 Å². The molecule has 0 N–H and O–H groups in total. The molecule has 0 saturated carbocycles. The zero-order valence-electron chi connectivity index (χ0n) is 10.5. The van der Waals surface area contributed by atoms with Gasteiger partial charge in [0.25, 0.3) is 0 Å². The van der Waals surface area contributed by atoms with Crippen molar-refractivity contribution in [1.82, 2.24) is 0 Å². The third-order valence-electron chi connectivity index (χ3n) is 15.5. The standard InChI is InChI=1S/C7H6O.2C5H5.Fe/c8-6-7-4-2-1-3-5-7;2*1-2-4-5-3-1;/h1-6H;2*1-5H;. The van der Waals surface area contributed by atoms with E-state index < -0.39 is 6.51 Å². The summed E-state index contributed by atoms with van der Waals surface area (Å²) in [5.41, 5.74) is 0.729. The van der Waals surface area contributed by atoms with Crippen LogP contribution in [-0.4, -0.2) is 6.29 Å². The van der Waals surface area contributed by atoms with Gasteiger partial charge in [0.05, 0.1) is 0 Å². The Hall–Kier alpha value is -0.591. The second kappa shape index (κ2) is 0.674. The van der Waals surface area contributed by atoms with Crippen LogP contribution < -0.4 is 0 Å². The van der Waals surface area contributed by atoms with Crippen LogP contribution in [0.3, 0.4) is 0 Å². The summed E-state index contributed by atoms with van der Waals surface area (Å²) >= 11 is 0. The predicted molar refractivity (Wildman–Crippen MR) is 69.3 cm³/mol. The zero-order chi connectivity index (χ0) is 11.9. The average molecular weight is 292 g/mol. The molecule has 10 aliphatic rings. The predicted octanol–water partition coefficient (Wildman–Crippen LogP) is 4.87. The second-order valence-corrected chi connectivity index (χ2v) is 35.0. The summed E-state index contributed by atoms with van der Waals surface area (Å²) in [6.07, 6.45) is 0.833. The molecule has 98 valence electrons. The number of carbonyl (C=O) groups is 1. The van der Waals surface area contributed by atoms with Crippen molar-refractivity contribution in [1.29, 1.82) is 0 Å². The Morgan fingerprint density at radius 2 is 1.05 bits per heavy atom. The van der Waals surface area contributed by atoms with Crippen LogP contribution >= 0.6 is 0 Å². The molecule has 10 fully saturated rings. The van der Waals surface area contributed by atoms with Crippen LogP contribution in [0.4, 0.5) is 0 Å². The van der Waals surface area contributed by atoms with E-state index in [0.29, 0.717) is 0 Å². The molecule has 10 saturated heterocycles. The van der Waals surface area contributed by atoms with Crippen molar-refractivity contribution in [3.63, 3.8) is 0 Å². The Bertz CT molecular complexity index is 890. The summed E-state index contributed by atoms with van der Waals surface area (Å²) in [4.78, 5) is 25.9. The number of aldehydes is 1. The van der Waals surface area contributed by atoms with Gasteiger partial charge in [-0.2, -0.15) is 0 Å². The van der Waals surface area contributed by atoms with E-state index >= 15 is 0 Å². The fourth-order valence-electron chi connectivity index (χ4n) is 16.3. The van der Waals surface area contributed by atoms with Crippen molar-refractivity contribution in [2.45, 2.75) is 48.2 Å². The summed E-state index contributed by atoms with van der Waals surface area (Å²) in [6.45, 7) is -2.28. The first-order chi connectivity index (χ1) is 9.09. The Morgan fingerprint density at radius 1 is 0.684 bits per heavy atom. The number of hydrogen-bond donors (Lipinski definition) is 0. The molecule has 10 aliphatic heterocycles. The Labute approximate surface area is 102 Å². The van der Waals surface area contributed by atoms with E-state index in [-0.39, 0.29) is 0 Å². The van der Waals surface area contributed by atoms with E-state index in [1.807, 2.05) is 18.2 Å². The SMILES string of the molecule is O=Cc1ccccc1.[CH]12[CH]3[CH]4[CH]5[CH]1[Fe]23451678[CH]2[CH]1[CH]6[CH]7[CH]28. The third-order valence-corrected chi connectivity index (χ3v) is 57.4. The van der Waals surface area contributed by atoms with Gasteiger partial charge in [0.1, 0.15) is 6.29 Å². The molecule has 2 heteroatoms. The number of rotatable bonds is 1. The van der Waals surface area contributed by atoms with Crippen molar-refractivity contribution in [3.05, 3.63) is 35.9 Å². The molecule has 19 heavy (non-hydrogen) atoms. The number of hydrogen-bond acceptors (Lipinski definition) is 1. The van der Waals surface area contributed by atoms with Crippen LogP contribution in [0, 0.1) is 0 Å². The van der Waals surface area contributed by atoms with Crippen molar-refractivity contribution in [3.8, 4) is 0 Å². The Balaban J connectivity index is 0.0000000821. The van der Waals surface area contributed by atoms with Crippen LogP contribution in [0.15, 0.2) is 30.3 Å². The van der Waals surface area contributed by atoms with Crippen LogP contribution in [0.25, 0.3) is 0 Å². The molecule has 0 atom stereocenters. The van der Waals surface area contributed by atoms with E-state index in [1.165, 1.54) is 0 Å². The van der Waals surface area contributed by atoms with Crippen molar-refractivity contribution in [2.24, 2.45) is 0 Å². The third kappa shape index (κ3) is 0.0943. The maximum atomic E-state index is 10.0. The second-order valence-electron chi connectivity index (χ2n) is 11.1. The van der Waals surface area contributed by atoms with Gasteiger partial charge >= 0.3 is 54.7 Å². The van der Waals surface area contributed by atoms with Gasteiger partial charge < -0.3 is 0 Å². The van der Waals surface area contributed by atoms with Gasteiger partial charge in [-0.15, -0.1) is 0 Å². The molecule has 1 aromatic carbocycles. The minimum absolute atomic E-state index is 0.729. The van der Waals surface area contributed by atoms with Crippen LogP contribution in [0.5, 0.6) is 0 Å². The fraction of sp³-hybridized carbons (Fsp3) is 0.588. The summed E-state index contributed by atoms with van der Waals surface area (Å²) in [7, 11) is 0. The molecule has 0 aliphatic carbocycles. The van der Waals surface area contributed by atoms with E-state index in [0.717, 1.165) is 11.8 Å². The normalized spacial score (nSPS) is 103. The summed E-state index contributed by atoms with van der Waals surface area (Å²) in [5, 5.41) is 0. The summed E-state index contributed by atoms with van der Waals surface area (Å²) in [5.74, 6) is 0. The molecular weight excluding hydrogens is 276 g/mol. The molecule has 0 radical (unpaired) electrons. The number of benzene rings is 1. The molecular formula is C17H16FeO. The molecule has 0 amide bonds. The van der Waals surface area contributed by atoms with Crippen molar-refractivity contribution >= 4 is 6.29 Å². The van der Waals surface area contributed by atoms with Crippen LogP contribution in [-0.2, 0) is 6.51 Å². The molecule has 0 bridgehead atoms. The van der Waals surface area contributed by atoms with Gasteiger partial charge in [0, 0.05) is 5.56 Å². The Morgan fingerprint density at radius 3 is 1.21 bits per heavy atom. The molecule has 10 heterocycles. The first kappa shape index (κ1) is 7.43. The monoisotopic (exact) mass is 292 g/mol. The van der Waals surface area contributed by atoms with E-state index in [1.54, 1.807) is 60.3 Å². The first-order valence-electron chi connectivity index (χ1n) is 7.81. The van der Waals surface area contributed by atoms with E-state index in [9.17, 15) is 4.79 Å². The molecule has 1 nitrogen and oxygen atoms in total. The van der Waals surface area contributed by atoms with E-state index in [4.69, 9.17) is 0 Å². The van der Waals surface area contributed by atoms with Gasteiger partial charge in [-0.1, -0.05) is 30.3 Å². The van der Waals surface area contributed by atoms with Gasteiger partial charge in [-0.3, -0.25) is 4.79 Å². The topological polar surface area (TPSA) is 17.1 Å². The van der Waals surface area contributed by atoms with Crippen molar-refractivity contribution in [2.75, 3.05) is 0 Å². The van der Waals surface area contributed by atoms with Crippen molar-refractivity contribution < 1.29 is 11.3 Å². The fourth-order valence-corrected chi connectivity index (χ4v) is 88.5. The van der Waals surface area contributed by atoms with Crippen LogP contribution in [0.2, 0.25) is 48.2 Å². The molecule has 1 spiro atoms.